The third kappa shape index (κ3) is 6.87. The Morgan fingerprint density at radius 2 is 2.09 bits per heavy atom. The number of carbonyl (C=O) groups is 1. The largest absolute Gasteiger partial charge is 0.435 e. The molecule has 1 aromatic carbocycles. The first-order valence-corrected chi connectivity index (χ1v) is 10.6. The van der Waals surface area contributed by atoms with Gasteiger partial charge in [0.05, 0.1) is 4.53 Å². The van der Waals surface area contributed by atoms with Gasteiger partial charge in [-0.15, -0.1) is 17.9 Å². The first-order valence-electron chi connectivity index (χ1n) is 9.78. The Morgan fingerprint density at radius 3 is 2.69 bits per heavy atom. The van der Waals surface area contributed by atoms with E-state index in [0.717, 1.165) is 11.3 Å². The van der Waals surface area contributed by atoms with Crippen molar-refractivity contribution in [2.75, 3.05) is 19.8 Å². The summed E-state index contributed by atoms with van der Waals surface area (Å²) < 4.78 is 35.9. The molecule has 1 amide bonds. The Morgan fingerprint density at radius 1 is 1.38 bits per heavy atom. The number of aromatic nitrogens is 1. The van der Waals surface area contributed by atoms with Crippen molar-refractivity contribution < 1.29 is 23.0 Å². The van der Waals surface area contributed by atoms with Crippen LogP contribution in [0, 0.1) is 11.3 Å². The summed E-state index contributed by atoms with van der Waals surface area (Å²) in [6.07, 6.45) is 3.64. The fraction of sp³-hybridized carbons (Fsp3) is 0.318. The van der Waals surface area contributed by atoms with E-state index in [0.29, 0.717) is 31.7 Å². The number of ether oxygens (including phenoxy) is 2. The van der Waals surface area contributed by atoms with E-state index in [1.807, 2.05) is 13.0 Å². The second-order valence-electron chi connectivity index (χ2n) is 6.36. The van der Waals surface area contributed by atoms with Gasteiger partial charge in [-0.3, -0.25) is 14.2 Å². The molecule has 0 bridgehead atoms. The first kappa shape index (κ1) is 25.0. The molecule has 10 heteroatoms. The minimum Gasteiger partial charge on any atom is -0.435 e. The minimum atomic E-state index is -2.93. The van der Waals surface area contributed by atoms with Gasteiger partial charge >= 0.3 is 6.61 Å². The quantitative estimate of drug-likeness (QED) is 0.405. The molecular formula is C22H23F2N3O4S. The van der Waals surface area contributed by atoms with E-state index < -0.39 is 18.1 Å². The molecule has 1 heterocycles. The molecule has 1 N–H and O–H groups in total. The number of allylic oxidation sites excluding steroid dienone is 1. The van der Waals surface area contributed by atoms with Gasteiger partial charge in [0.2, 0.25) is 0 Å². The molecule has 2 aromatic rings. The monoisotopic (exact) mass is 463 g/mol. The fourth-order valence-corrected chi connectivity index (χ4v) is 3.81. The van der Waals surface area contributed by atoms with Crippen LogP contribution in [0.25, 0.3) is 11.6 Å². The second-order valence-corrected chi connectivity index (χ2v) is 7.39. The van der Waals surface area contributed by atoms with E-state index in [2.05, 4.69) is 16.6 Å². The van der Waals surface area contributed by atoms with Crippen LogP contribution in [0.5, 0.6) is 5.75 Å². The van der Waals surface area contributed by atoms with Gasteiger partial charge in [-0.1, -0.05) is 18.2 Å². The summed E-state index contributed by atoms with van der Waals surface area (Å²) >= 11 is 0.995. The maximum absolute atomic E-state index is 12.9. The molecule has 170 valence electrons. The lowest BCUT2D eigenvalue weighted by molar-refractivity contribution is -0.115. The third-order valence-corrected chi connectivity index (χ3v) is 5.26. The summed E-state index contributed by atoms with van der Waals surface area (Å²) in [5, 5.41) is 12.2. The highest BCUT2D eigenvalue weighted by atomic mass is 32.1. The van der Waals surface area contributed by atoms with Crippen LogP contribution in [0.15, 0.2) is 41.7 Å². The molecule has 1 aromatic heterocycles. The van der Waals surface area contributed by atoms with Gasteiger partial charge < -0.3 is 14.8 Å². The average Bonchev–Trinajstić information content (AvgIpc) is 3.05. The normalized spacial score (nSPS) is 12.4. The number of rotatable bonds is 11. The number of thiazole rings is 1. The molecule has 2 rings (SSSR count). The number of alkyl halides is 2. The zero-order chi connectivity index (χ0) is 23.5. The lowest BCUT2D eigenvalue weighted by Gasteiger charge is -2.04. The zero-order valence-electron chi connectivity index (χ0n) is 17.5. The van der Waals surface area contributed by atoms with Gasteiger partial charge in [-0.25, -0.2) is 0 Å². The van der Waals surface area contributed by atoms with Crippen LogP contribution in [-0.2, 0) is 16.1 Å². The number of carbonyl (C=O) groups excluding carboxylic acids is 1. The predicted octanol–water partition coefficient (Wildman–Crippen LogP) is 1.74. The van der Waals surface area contributed by atoms with Crippen LogP contribution in [0.4, 0.5) is 8.78 Å². The van der Waals surface area contributed by atoms with Crippen molar-refractivity contribution in [2.45, 2.75) is 26.5 Å². The molecule has 0 saturated carbocycles. The highest BCUT2D eigenvalue weighted by Gasteiger charge is 2.15. The van der Waals surface area contributed by atoms with Crippen molar-refractivity contribution >= 4 is 28.9 Å². The summed E-state index contributed by atoms with van der Waals surface area (Å²) in [6, 6.07) is 7.65. The number of nitrogens with one attached hydrogen (secondary N) is 1. The van der Waals surface area contributed by atoms with Gasteiger partial charge in [0.15, 0.2) is 5.57 Å². The van der Waals surface area contributed by atoms with Gasteiger partial charge in [-0.05, 0) is 37.1 Å². The van der Waals surface area contributed by atoms with E-state index in [1.165, 1.54) is 34.9 Å². The van der Waals surface area contributed by atoms with E-state index >= 15 is 0 Å². The number of nitrogens with zero attached hydrogens (tertiary/aromatic N) is 2. The Balaban J connectivity index is 2.43. The molecule has 0 aliphatic carbocycles. The first-order chi connectivity index (χ1) is 15.4. The Labute approximate surface area is 187 Å². The summed E-state index contributed by atoms with van der Waals surface area (Å²) in [5.74, 6) is -0.586. The molecule has 0 radical (unpaired) electrons. The van der Waals surface area contributed by atoms with Gasteiger partial charge in [0, 0.05) is 26.3 Å². The van der Waals surface area contributed by atoms with Crippen LogP contribution in [-0.4, -0.2) is 36.8 Å². The van der Waals surface area contributed by atoms with Crippen molar-refractivity contribution in [1.29, 1.82) is 5.26 Å². The van der Waals surface area contributed by atoms with Crippen LogP contribution in [0.3, 0.4) is 0 Å². The van der Waals surface area contributed by atoms with Crippen molar-refractivity contribution in [3.63, 3.8) is 0 Å². The van der Waals surface area contributed by atoms with E-state index in [9.17, 15) is 23.6 Å². The minimum absolute atomic E-state index is 0.00538. The number of hydrogen-bond donors (Lipinski definition) is 1. The van der Waals surface area contributed by atoms with E-state index in [-0.39, 0.29) is 27.1 Å². The molecule has 0 aliphatic heterocycles. The highest BCUT2D eigenvalue weighted by Crippen LogP contribution is 2.15. The molecule has 0 saturated heterocycles. The van der Waals surface area contributed by atoms with Crippen LogP contribution >= 0.6 is 11.3 Å². The second kappa shape index (κ2) is 12.5. The molecular weight excluding hydrogens is 440 g/mol. The molecule has 0 fully saturated rings. The molecule has 0 aliphatic rings. The summed E-state index contributed by atoms with van der Waals surface area (Å²) in [6.45, 7) is 4.07. The smallest absolute Gasteiger partial charge is 0.387 e. The van der Waals surface area contributed by atoms with Gasteiger partial charge in [0.1, 0.15) is 16.5 Å². The molecule has 0 atom stereocenters. The van der Waals surface area contributed by atoms with Crippen LogP contribution in [0.2, 0.25) is 0 Å². The van der Waals surface area contributed by atoms with Gasteiger partial charge in [0.25, 0.3) is 11.5 Å². The number of amides is 1. The van der Waals surface area contributed by atoms with Gasteiger partial charge in [-0.2, -0.15) is 14.0 Å². The number of nitriles is 1. The van der Waals surface area contributed by atoms with Crippen molar-refractivity contribution in [1.82, 2.24) is 9.88 Å². The summed E-state index contributed by atoms with van der Waals surface area (Å²) in [4.78, 5) is 25.4. The number of hydrogen-bond acceptors (Lipinski definition) is 6. The van der Waals surface area contributed by atoms with Crippen LogP contribution in [0.1, 0.15) is 18.9 Å². The predicted molar refractivity (Wildman–Crippen MR) is 118 cm³/mol. The van der Waals surface area contributed by atoms with Crippen molar-refractivity contribution in [3.8, 4) is 11.8 Å². The average molecular weight is 464 g/mol. The summed E-state index contributed by atoms with van der Waals surface area (Å²) in [7, 11) is 0. The van der Waals surface area contributed by atoms with Crippen LogP contribution < -0.4 is 24.8 Å². The topological polar surface area (TPSA) is 93.4 Å². The maximum atomic E-state index is 12.9. The zero-order valence-corrected chi connectivity index (χ0v) is 18.3. The third-order valence-electron chi connectivity index (χ3n) is 4.13. The Hall–Kier alpha value is -3.29. The fourth-order valence-electron chi connectivity index (χ4n) is 2.70. The SMILES string of the molecule is C=CCn1c(=O)/c(=C\c2ccc(OC(F)F)cc2)s/c1=C(\C#N)C(=O)NCCCOCC. The lowest BCUT2D eigenvalue weighted by atomic mass is 10.2. The Bertz CT molecular complexity index is 1150. The van der Waals surface area contributed by atoms with E-state index in [4.69, 9.17) is 4.74 Å². The highest BCUT2D eigenvalue weighted by molar-refractivity contribution is 7.07. The number of halogens is 2. The van der Waals surface area contributed by atoms with Crippen molar-refractivity contribution in [2.24, 2.45) is 0 Å². The molecule has 0 unspecified atom stereocenters. The number of benzene rings is 1. The standard InChI is InChI=1S/C22H23F2N3O4S/c1-3-11-27-20(29)18(13-15-6-8-16(9-7-15)31-22(23)24)32-21(27)17(14-25)19(28)26-10-5-12-30-4-2/h3,6-9,13,22H,1,4-5,10-12H2,2H3,(H,26,28)/b18-13+,21-17+. The van der Waals surface area contributed by atoms with Crippen molar-refractivity contribution in [3.05, 3.63) is 62.0 Å². The molecule has 7 nitrogen and oxygen atoms in total. The lowest BCUT2D eigenvalue weighted by Crippen LogP contribution is -2.35. The summed E-state index contributed by atoms with van der Waals surface area (Å²) in [5.41, 5.74) is 0.00143. The molecule has 0 spiro atoms. The van der Waals surface area contributed by atoms with E-state index in [1.54, 1.807) is 6.08 Å². The Kier molecular flexibility index (Phi) is 9.78. The molecule has 32 heavy (non-hydrogen) atoms. The maximum Gasteiger partial charge on any atom is 0.387 e.